The molecule has 1 amide bonds. The van der Waals surface area contributed by atoms with Crippen molar-refractivity contribution in [2.24, 2.45) is 5.10 Å². The molecule has 2 N–H and O–H groups in total. The van der Waals surface area contributed by atoms with E-state index in [0.29, 0.717) is 27.6 Å². The van der Waals surface area contributed by atoms with Crippen molar-refractivity contribution in [1.82, 2.24) is 5.43 Å². The van der Waals surface area contributed by atoms with E-state index >= 15 is 0 Å². The molecule has 1 unspecified atom stereocenters. The molecule has 0 bridgehead atoms. The van der Waals surface area contributed by atoms with Gasteiger partial charge in [0, 0.05) is 23.8 Å². The number of hydrogen-bond donors (Lipinski definition) is 2. The highest BCUT2D eigenvalue weighted by Gasteiger charge is 2.40. The lowest BCUT2D eigenvalue weighted by Crippen LogP contribution is -2.45. The average molecular weight is 476 g/mol. The fraction of sp³-hybridized carbons (Fsp3) is 0.286. The molecular weight excluding hydrogens is 446 g/mol. The summed E-state index contributed by atoms with van der Waals surface area (Å²) in [6, 6.07) is 21.7. The second-order valence-corrected chi connectivity index (χ2v) is 9.96. The predicted molar refractivity (Wildman–Crippen MR) is 139 cm³/mol. The molecule has 0 aromatic heterocycles. The lowest BCUT2D eigenvalue weighted by molar-refractivity contribution is -0.136. The summed E-state index contributed by atoms with van der Waals surface area (Å²) in [6.07, 6.45) is 2.55. The zero-order valence-corrected chi connectivity index (χ0v) is 20.7. The predicted octanol–water partition coefficient (Wildman–Crippen LogP) is 5.45. The molecule has 34 heavy (non-hydrogen) atoms. The van der Waals surface area contributed by atoms with E-state index in [1.165, 1.54) is 11.8 Å². The number of nitrogens with zero attached hydrogens (tertiary/aromatic N) is 2. The van der Waals surface area contributed by atoms with Crippen molar-refractivity contribution in [3.05, 3.63) is 100 Å². The fourth-order valence-corrected chi connectivity index (χ4v) is 4.94. The van der Waals surface area contributed by atoms with Gasteiger partial charge in [0.15, 0.2) is 5.60 Å². The molecule has 3 aromatic carbocycles. The van der Waals surface area contributed by atoms with Gasteiger partial charge < -0.3 is 10.0 Å². The van der Waals surface area contributed by atoms with Crippen LogP contribution in [0.2, 0.25) is 5.02 Å². The minimum atomic E-state index is -1.89. The van der Waals surface area contributed by atoms with Gasteiger partial charge in [0.25, 0.3) is 5.91 Å². The summed E-state index contributed by atoms with van der Waals surface area (Å²) in [5.74, 6) is -0.286. The van der Waals surface area contributed by atoms with E-state index in [-0.39, 0.29) is 5.54 Å². The number of halogens is 1. The molecule has 0 radical (unpaired) electrons. The van der Waals surface area contributed by atoms with Gasteiger partial charge in [0.05, 0.1) is 11.2 Å². The van der Waals surface area contributed by atoms with Crippen LogP contribution in [0.1, 0.15) is 55.4 Å². The number of benzene rings is 3. The number of nitrogens with one attached hydrogen (secondary N) is 1. The lowest BCUT2D eigenvalue weighted by Gasteiger charge is -2.45. The molecule has 3 aromatic rings. The molecule has 0 aliphatic carbocycles. The summed E-state index contributed by atoms with van der Waals surface area (Å²) < 4.78 is 0. The fourth-order valence-electron chi connectivity index (χ4n) is 4.73. The summed E-state index contributed by atoms with van der Waals surface area (Å²) >= 11 is 6.58. The highest BCUT2D eigenvalue weighted by atomic mass is 35.5. The Hall–Kier alpha value is -3.15. The van der Waals surface area contributed by atoms with Crippen molar-refractivity contribution in [1.29, 1.82) is 0 Å². The van der Waals surface area contributed by atoms with Crippen LogP contribution in [0.25, 0.3) is 0 Å². The molecule has 176 valence electrons. The number of hydrogen-bond acceptors (Lipinski definition) is 4. The lowest BCUT2D eigenvalue weighted by atomic mass is 9.80. The first kappa shape index (κ1) is 24.0. The number of carbonyl (C=O) groups is 1. The normalized spacial score (nSPS) is 17.5. The van der Waals surface area contributed by atoms with Crippen molar-refractivity contribution in [2.75, 3.05) is 11.9 Å². The van der Waals surface area contributed by atoms with Gasteiger partial charge in [0.1, 0.15) is 0 Å². The first-order valence-corrected chi connectivity index (χ1v) is 11.8. The number of anilines is 1. The highest BCUT2D eigenvalue weighted by molar-refractivity contribution is 6.33. The second-order valence-electron chi connectivity index (χ2n) is 9.55. The van der Waals surface area contributed by atoms with Gasteiger partial charge in [-0.1, -0.05) is 79.2 Å². The first-order valence-electron chi connectivity index (χ1n) is 11.4. The van der Waals surface area contributed by atoms with Gasteiger partial charge in [-0.05, 0) is 55.0 Å². The van der Waals surface area contributed by atoms with Crippen molar-refractivity contribution in [3.8, 4) is 0 Å². The molecule has 5 nitrogen and oxygen atoms in total. The molecule has 0 fully saturated rings. The van der Waals surface area contributed by atoms with E-state index in [9.17, 15) is 9.90 Å². The summed E-state index contributed by atoms with van der Waals surface area (Å²) in [7, 11) is 2.09. The van der Waals surface area contributed by atoms with Crippen LogP contribution in [0.3, 0.4) is 0 Å². The Morgan fingerprint density at radius 2 is 1.68 bits per heavy atom. The first-order chi connectivity index (χ1) is 16.1. The van der Waals surface area contributed by atoms with Gasteiger partial charge in [-0.15, -0.1) is 0 Å². The van der Waals surface area contributed by atoms with Crippen LogP contribution in [0.4, 0.5) is 5.69 Å². The van der Waals surface area contributed by atoms with Crippen molar-refractivity contribution < 1.29 is 9.90 Å². The number of rotatable bonds is 5. The van der Waals surface area contributed by atoms with E-state index in [0.717, 1.165) is 12.1 Å². The summed E-state index contributed by atoms with van der Waals surface area (Å²) in [4.78, 5) is 15.5. The third kappa shape index (κ3) is 4.33. The van der Waals surface area contributed by atoms with E-state index in [4.69, 9.17) is 11.6 Å². The van der Waals surface area contributed by atoms with E-state index in [1.54, 1.807) is 48.5 Å². The van der Waals surface area contributed by atoms with Gasteiger partial charge in [-0.25, -0.2) is 5.43 Å². The molecule has 1 heterocycles. The maximum absolute atomic E-state index is 13.2. The number of amides is 1. The molecule has 1 atom stereocenters. The Bertz CT molecular complexity index is 1170. The van der Waals surface area contributed by atoms with Crippen LogP contribution in [-0.2, 0) is 10.4 Å². The maximum Gasteiger partial charge on any atom is 0.281 e. The topological polar surface area (TPSA) is 64.9 Å². The number of hydrazone groups is 1. The summed E-state index contributed by atoms with van der Waals surface area (Å²) in [5, 5.41) is 16.2. The summed E-state index contributed by atoms with van der Waals surface area (Å²) in [5.41, 5.74) is 4.61. The Morgan fingerprint density at radius 3 is 2.24 bits per heavy atom. The Balaban J connectivity index is 1.62. The molecule has 0 spiro atoms. The average Bonchev–Trinajstić information content (AvgIpc) is 2.83. The monoisotopic (exact) mass is 475 g/mol. The largest absolute Gasteiger partial charge is 0.372 e. The number of fused-ring (bicyclic) bond motifs is 1. The van der Waals surface area contributed by atoms with Gasteiger partial charge >= 0.3 is 0 Å². The van der Waals surface area contributed by atoms with Crippen LogP contribution in [-0.4, -0.2) is 29.8 Å². The maximum atomic E-state index is 13.2. The zero-order chi connectivity index (χ0) is 24.5. The molecule has 0 saturated heterocycles. The third-order valence-electron chi connectivity index (χ3n) is 6.83. The molecular formula is C28H30ClN3O2. The zero-order valence-electron chi connectivity index (χ0n) is 19.9. The smallest absolute Gasteiger partial charge is 0.281 e. The molecule has 1 aliphatic heterocycles. The SMILES string of the molecule is CC1CC(C)(C)N(C)c2cc(Cl)c(/C=N\NC(=O)C(O)(c3ccccc3)c3ccccc3)cc21. The number of aliphatic hydroxyl groups is 1. The minimum absolute atomic E-state index is 0.0403. The van der Waals surface area contributed by atoms with Gasteiger partial charge in [-0.2, -0.15) is 5.10 Å². The Kier molecular flexibility index (Phi) is 6.52. The van der Waals surface area contributed by atoms with Crippen molar-refractivity contribution >= 4 is 29.4 Å². The van der Waals surface area contributed by atoms with E-state index in [1.807, 2.05) is 24.3 Å². The van der Waals surface area contributed by atoms with Crippen LogP contribution < -0.4 is 10.3 Å². The quantitative estimate of drug-likeness (QED) is 0.381. The van der Waals surface area contributed by atoms with Crippen LogP contribution in [0.15, 0.2) is 77.9 Å². The van der Waals surface area contributed by atoms with Gasteiger partial charge in [0.2, 0.25) is 0 Å². The molecule has 0 saturated carbocycles. The summed E-state index contributed by atoms with van der Waals surface area (Å²) in [6.45, 7) is 6.67. The van der Waals surface area contributed by atoms with Crippen LogP contribution >= 0.6 is 11.6 Å². The van der Waals surface area contributed by atoms with Gasteiger partial charge in [-0.3, -0.25) is 4.79 Å². The number of carbonyl (C=O) groups excluding carboxylic acids is 1. The minimum Gasteiger partial charge on any atom is -0.372 e. The molecule has 4 rings (SSSR count). The third-order valence-corrected chi connectivity index (χ3v) is 7.16. The van der Waals surface area contributed by atoms with Crippen molar-refractivity contribution in [2.45, 2.75) is 44.2 Å². The molecule has 1 aliphatic rings. The van der Waals surface area contributed by atoms with E-state index in [2.05, 4.69) is 43.2 Å². The highest BCUT2D eigenvalue weighted by Crippen LogP contribution is 2.44. The van der Waals surface area contributed by atoms with Crippen molar-refractivity contribution in [3.63, 3.8) is 0 Å². The van der Waals surface area contributed by atoms with E-state index < -0.39 is 11.5 Å². The van der Waals surface area contributed by atoms with Crippen LogP contribution in [0.5, 0.6) is 0 Å². The standard InChI is InChI=1S/C28H30ClN3O2/c1-19-17-27(2,3)32(4)25-16-24(29)20(15-23(19)25)18-30-31-26(33)28(34,21-11-7-5-8-12-21)22-13-9-6-10-14-22/h5-16,18-19,34H,17H2,1-4H3,(H,31,33)/b30-18-. The Labute approximate surface area is 206 Å². The Morgan fingerprint density at radius 1 is 1.12 bits per heavy atom. The second kappa shape index (κ2) is 9.24. The van der Waals surface area contributed by atoms with Crippen LogP contribution in [0, 0.1) is 0 Å². The molecule has 6 heteroatoms.